The number of nitrogens with zero attached hydrogens (tertiary/aromatic N) is 1. The Bertz CT molecular complexity index is 275. The molecule has 1 fully saturated rings. The minimum atomic E-state index is 0. The lowest BCUT2D eigenvalue weighted by atomic mass is 10.3. The largest absolute Gasteiger partial charge is 0.380 e. The van der Waals surface area contributed by atoms with Crippen LogP contribution < -0.4 is 10.6 Å². The maximum Gasteiger partial charge on any atom is 0.191 e. The van der Waals surface area contributed by atoms with Crippen LogP contribution in [0.15, 0.2) is 4.99 Å². The number of rotatable bonds is 11. The molecule has 0 spiro atoms. The van der Waals surface area contributed by atoms with E-state index in [0.29, 0.717) is 12.7 Å². The number of aliphatic imine (C=N–C) groups is 1. The highest BCUT2D eigenvalue weighted by Gasteiger charge is 2.15. The molecule has 0 aromatic heterocycles. The van der Waals surface area contributed by atoms with E-state index in [2.05, 4.69) is 22.5 Å². The second kappa shape index (κ2) is 15.8. The van der Waals surface area contributed by atoms with Crippen LogP contribution in [-0.4, -0.2) is 65.2 Å². The van der Waals surface area contributed by atoms with Crippen molar-refractivity contribution in [3.05, 3.63) is 0 Å². The second-order valence-electron chi connectivity index (χ2n) is 5.10. The number of halogens is 1. The summed E-state index contributed by atoms with van der Waals surface area (Å²) in [6.07, 6.45) is 4.58. The van der Waals surface area contributed by atoms with Gasteiger partial charge in [0, 0.05) is 40.0 Å². The summed E-state index contributed by atoms with van der Waals surface area (Å²) in [5, 5.41) is 6.50. The van der Waals surface area contributed by atoms with E-state index in [1.807, 2.05) is 0 Å². The molecule has 0 aromatic rings. The Morgan fingerprint density at radius 1 is 1.18 bits per heavy atom. The number of hydrogen-bond donors (Lipinski definition) is 2. The maximum absolute atomic E-state index is 5.71. The average Bonchev–Trinajstić information content (AvgIpc) is 3.01. The SMILES string of the molecule is CCCCOCCNC(=NC)NCCCOC1CCOC1.I. The second-order valence-corrected chi connectivity index (χ2v) is 5.10. The van der Waals surface area contributed by atoms with Gasteiger partial charge < -0.3 is 24.8 Å². The van der Waals surface area contributed by atoms with Crippen molar-refractivity contribution in [3.8, 4) is 0 Å². The molecule has 0 aromatic carbocycles. The highest BCUT2D eigenvalue weighted by atomic mass is 127. The molecule has 1 heterocycles. The van der Waals surface area contributed by atoms with Gasteiger partial charge in [0.25, 0.3) is 0 Å². The lowest BCUT2D eigenvalue weighted by Crippen LogP contribution is -2.39. The van der Waals surface area contributed by atoms with Gasteiger partial charge in [0.05, 0.1) is 19.3 Å². The zero-order valence-electron chi connectivity index (χ0n) is 13.9. The van der Waals surface area contributed by atoms with Crippen LogP contribution in [-0.2, 0) is 14.2 Å². The molecule has 132 valence electrons. The summed E-state index contributed by atoms with van der Waals surface area (Å²) in [4.78, 5) is 4.18. The lowest BCUT2D eigenvalue weighted by molar-refractivity contribution is 0.0420. The number of hydrogen-bond acceptors (Lipinski definition) is 4. The summed E-state index contributed by atoms with van der Waals surface area (Å²) in [6.45, 7) is 7.69. The van der Waals surface area contributed by atoms with Gasteiger partial charge in [-0.3, -0.25) is 4.99 Å². The topological polar surface area (TPSA) is 64.1 Å². The summed E-state index contributed by atoms with van der Waals surface area (Å²) in [6, 6.07) is 0. The Morgan fingerprint density at radius 2 is 2.00 bits per heavy atom. The first-order valence-corrected chi connectivity index (χ1v) is 8.08. The molecule has 1 rings (SSSR count). The Kier molecular flexibility index (Phi) is 15.7. The predicted molar refractivity (Wildman–Crippen MR) is 100 cm³/mol. The summed E-state index contributed by atoms with van der Waals surface area (Å²) in [5.41, 5.74) is 0. The average molecular weight is 429 g/mol. The Hall–Kier alpha value is -0.120. The van der Waals surface area contributed by atoms with Gasteiger partial charge >= 0.3 is 0 Å². The molecular weight excluding hydrogens is 397 g/mol. The number of ether oxygens (including phenoxy) is 3. The zero-order chi connectivity index (χ0) is 15.2. The van der Waals surface area contributed by atoms with Crippen LogP contribution in [0.4, 0.5) is 0 Å². The summed E-state index contributed by atoms with van der Waals surface area (Å²) < 4.78 is 16.5. The highest BCUT2D eigenvalue weighted by molar-refractivity contribution is 14.0. The van der Waals surface area contributed by atoms with Crippen molar-refractivity contribution in [2.75, 3.05) is 53.2 Å². The molecule has 22 heavy (non-hydrogen) atoms. The fraction of sp³-hybridized carbons (Fsp3) is 0.933. The van der Waals surface area contributed by atoms with Crippen molar-refractivity contribution in [2.45, 2.75) is 38.7 Å². The molecule has 1 unspecified atom stereocenters. The van der Waals surface area contributed by atoms with Crippen molar-refractivity contribution < 1.29 is 14.2 Å². The van der Waals surface area contributed by atoms with Crippen molar-refractivity contribution in [3.63, 3.8) is 0 Å². The van der Waals surface area contributed by atoms with Gasteiger partial charge in [-0.05, 0) is 19.3 Å². The molecule has 0 aliphatic carbocycles. The number of unbranched alkanes of at least 4 members (excludes halogenated alkanes) is 1. The predicted octanol–water partition coefficient (Wildman–Crippen LogP) is 1.78. The molecular formula is C15H32IN3O3. The van der Waals surface area contributed by atoms with Crippen LogP contribution in [0.1, 0.15) is 32.6 Å². The molecule has 0 amide bonds. The van der Waals surface area contributed by atoms with Gasteiger partial charge in [-0.25, -0.2) is 0 Å². The normalized spacial score (nSPS) is 18.1. The third-order valence-corrected chi connectivity index (χ3v) is 3.26. The third kappa shape index (κ3) is 11.4. The van der Waals surface area contributed by atoms with Crippen molar-refractivity contribution in [1.82, 2.24) is 10.6 Å². The smallest absolute Gasteiger partial charge is 0.191 e. The Labute approximate surface area is 151 Å². The minimum Gasteiger partial charge on any atom is -0.380 e. The van der Waals surface area contributed by atoms with Crippen LogP contribution in [0, 0.1) is 0 Å². The van der Waals surface area contributed by atoms with E-state index < -0.39 is 0 Å². The van der Waals surface area contributed by atoms with E-state index in [0.717, 1.165) is 64.7 Å². The van der Waals surface area contributed by atoms with Crippen molar-refractivity contribution in [1.29, 1.82) is 0 Å². The quantitative estimate of drug-likeness (QED) is 0.227. The van der Waals surface area contributed by atoms with Gasteiger partial charge in [-0.2, -0.15) is 0 Å². The molecule has 1 aliphatic heterocycles. The molecule has 0 radical (unpaired) electrons. The number of nitrogens with one attached hydrogen (secondary N) is 2. The molecule has 1 saturated heterocycles. The van der Waals surface area contributed by atoms with E-state index in [-0.39, 0.29) is 24.0 Å². The molecule has 1 atom stereocenters. The van der Waals surface area contributed by atoms with Gasteiger partial charge in [-0.15, -0.1) is 24.0 Å². The van der Waals surface area contributed by atoms with Crippen LogP contribution in [0.2, 0.25) is 0 Å². The molecule has 1 aliphatic rings. The van der Waals surface area contributed by atoms with E-state index in [9.17, 15) is 0 Å². The van der Waals surface area contributed by atoms with Crippen LogP contribution in [0.3, 0.4) is 0 Å². The van der Waals surface area contributed by atoms with Gasteiger partial charge in [0.1, 0.15) is 0 Å². The van der Waals surface area contributed by atoms with E-state index in [1.165, 1.54) is 6.42 Å². The third-order valence-electron chi connectivity index (χ3n) is 3.26. The summed E-state index contributed by atoms with van der Waals surface area (Å²) >= 11 is 0. The molecule has 6 nitrogen and oxygen atoms in total. The minimum absolute atomic E-state index is 0. The van der Waals surface area contributed by atoms with Crippen LogP contribution >= 0.6 is 24.0 Å². The molecule has 2 N–H and O–H groups in total. The van der Waals surface area contributed by atoms with Gasteiger partial charge in [0.15, 0.2) is 5.96 Å². The molecule has 0 bridgehead atoms. The highest BCUT2D eigenvalue weighted by Crippen LogP contribution is 2.07. The fourth-order valence-corrected chi connectivity index (χ4v) is 1.98. The Balaban J connectivity index is 0.00000441. The van der Waals surface area contributed by atoms with E-state index in [1.54, 1.807) is 7.05 Å². The summed E-state index contributed by atoms with van der Waals surface area (Å²) in [7, 11) is 1.78. The first kappa shape index (κ1) is 21.9. The molecule has 0 saturated carbocycles. The van der Waals surface area contributed by atoms with Crippen LogP contribution in [0.25, 0.3) is 0 Å². The Morgan fingerprint density at radius 3 is 2.68 bits per heavy atom. The zero-order valence-corrected chi connectivity index (χ0v) is 16.3. The lowest BCUT2D eigenvalue weighted by Gasteiger charge is -2.13. The summed E-state index contributed by atoms with van der Waals surface area (Å²) in [5.74, 6) is 0.818. The standard InChI is InChI=1S/C15H31N3O3.HI/c1-3-4-9-19-12-8-18-15(16-2)17-7-5-10-21-14-6-11-20-13-14;/h14H,3-13H2,1-2H3,(H2,16,17,18);1H. The van der Waals surface area contributed by atoms with Crippen molar-refractivity contribution >= 4 is 29.9 Å². The van der Waals surface area contributed by atoms with Gasteiger partial charge in [-0.1, -0.05) is 13.3 Å². The first-order valence-electron chi connectivity index (χ1n) is 8.08. The van der Waals surface area contributed by atoms with E-state index in [4.69, 9.17) is 14.2 Å². The van der Waals surface area contributed by atoms with Gasteiger partial charge in [0.2, 0.25) is 0 Å². The maximum atomic E-state index is 5.71. The van der Waals surface area contributed by atoms with E-state index >= 15 is 0 Å². The first-order chi connectivity index (χ1) is 10.4. The molecule has 7 heteroatoms. The van der Waals surface area contributed by atoms with Crippen LogP contribution in [0.5, 0.6) is 0 Å². The fourth-order valence-electron chi connectivity index (χ4n) is 1.98. The number of guanidine groups is 1. The van der Waals surface area contributed by atoms with Crippen molar-refractivity contribution in [2.24, 2.45) is 4.99 Å². The monoisotopic (exact) mass is 429 g/mol.